The molecule has 0 aliphatic carbocycles. The Morgan fingerprint density at radius 1 is 1.50 bits per heavy atom. The maximum absolute atomic E-state index is 4.50. The fourth-order valence-electron chi connectivity index (χ4n) is 2.90. The summed E-state index contributed by atoms with van der Waals surface area (Å²) >= 11 is 1.77. The lowest BCUT2D eigenvalue weighted by Gasteiger charge is -2.45. The van der Waals surface area contributed by atoms with E-state index >= 15 is 0 Å². The van der Waals surface area contributed by atoms with Gasteiger partial charge in [0.2, 0.25) is 0 Å². The Bertz CT molecular complexity index is 355. The SMILES string of the molecule is Cc1csc(CNC2CN3CCC2CC3)n1. The van der Waals surface area contributed by atoms with Crippen LogP contribution in [-0.4, -0.2) is 35.6 Å². The van der Waals surface area contributed by atoms with Gasteiger partial charge in [0.05, 0.1) is 0 Å². The molecule has 0 saturated carbocycles. The highest BCUT2D eigenvalue weighted by Crippen LogP contribution is 2.27. The molecule has 16 heavy (non-hydrogen) atoms. The minimum Gasteiger partial charge on any atom is -0.306 e. The Hall–Kier alpha value is -0.450. The van der Waals surface area contributed by atoms with Gasteiger partial charge in [-0.1, -0.05) is 0 Å². The number of aryl methyl sites for hydroxylation is 1. The third kappa shape index (κ3) is 2.14. The van der Waals surface area contributed by atoms with Gasteiger partial charge in [-0.25, -0.2) is 4.98 Å². The van der Waals surface area contributed by atoms with Crippen LogP contribution in [0.25, 0.3) is 0 Å². The number of nitrogens with one attached hydrogen (secondary N) is 1. The van der Waals surface area contributed by atoms with E-state index in [1.165, 1.54) is 37.5 Å². The number of hydrogen-bond acceptors (Lipinski definition) is 4. The van der Waals surface area contributed by atoms with Crippen LogP contribution in [0.1, 0.15) is 23.5 Å². The van der Waals surface area contributed by atoms with Crippen LogP contribution in [0.15, 0.2) is 5.38 Å². The Morgan fingerprint density at radius 2 is 2.31 bits per heavy atom. The van der Waals surface area contributed by atoms with Gasteiger partial charge in [0.15, 0.2) is 0 Å². The van der Waals surface area contributed by atoms with E-state index in [9.17, 15) is 0 Å². The second kappa shape index (κ2) is 4.43. The topological polar surface area (TPSA) is 28.2 Å². The molecule has 1 unspecified atom stereocenters. The number of aromatic nitrogens is 1. The van der Waals surface area contributed by atoms with Gasteiger partial charge in [0.25, 0.3) is 0 Å². The van der Waals surface area contributed by atoms with Crippen LogP contribution >= 0.6 is 11.3 Å². The normalized spacial score (nSPS) is 33.2. The summed E-state index contributed by atoms with van der Waals surface area (Å²) in [6, 6.07) is 0.701. The summed E-state index contributed by atoms with van der Waals surface area (Å²) in [6.07, 6.45) is 2.77. The summed E-state index contributed by atoms with van der Waals surface area (Å²) in [6.45, 7) is 6.90. The molecule has 0 radical (unpaired) electrons. The molecule has 4 heteroatoms. The summed E-state index contributed by atoms with van der Waals surface area (Å²) in [5.74, 6) is 0.908. The molecule has 3 aliphatic heterocycles. The average molecular weight is 237 g/mol. The summed E-state index contributed by atoms with van der Waals surface area (Å²) in [7, 11) is 0. The maximum atomic E-state index is 4.50. The van der Waals surface area contributed by atoms with E-state index in [0.29, 0.717) is 6.04 Å². The molecule has 4 rings (SSSR count). The number of hydrogen-bond donors (Lipinski definition) is 1. The lowest BCUT2D eigenvalue weighted by Crippen LogP contribution is -2.55. The second-order valence-corrected chi connectivity index (χ2v) is 5.95. The Balaban J connectivity index is 1.55. The molecule has 3 nitrogen and oxygen atoms in total. The number of thiazole rings is 1. The summed E-state index contributed by atoms with van der Waals surface area (Å²) in [5.41, 5.74) is 1.15. The Labute approximate surface area is 101 Å². The smallest absolute Gasteiger partial charge is 0.107 e. The van der Waals surface area contributed by atoms with Crippen molar-refractivity contribution in [3.8, 4) is 0 Å². The van der Waals surface area contributed by atoms with Gasteiger partial charge in [0.1, 0.15) is 5.01 Å². The highest BCUT2D eigenvalue weighted by Gasteiger charge is 2.33. The van der Waals surface area contributed by atoms with Gasteiger partial charge in [-0.2, -0.15) is 0 Å². The largest absolute Gasteiger partial charge is 0.306 e. The van der Waals surface area contributed by atoms with Crippen molar-refractivity contribution < 1.29 is 0 Å². The Kier molecular flexibility index (Phi) is 2.96. The predicted molar refractivity (Wildman–Crippen MR) is 66.6 cm³/mol. The fraction of sp³-hybridized carbons (Fsp3) is 0.750. The first kappa shape index (κ1) is 10.7. The van der Waals surface area contributed by atoms with E-state index < -0.39 is 0 Å². The van der Waals surface area contributed by atoms with Gasteiger partial charge < -0.3 is 10.2 Å². The summed E-state index contributed by atoms with van der Waals surface area (Å²) < 4.78 is 0. The zero-order chi connectivity index (χ0) is 11.0. The highest BCUT2D eigenvalue weighted by molar-refractivity contribution is 7.09. The third-order valence-electron chi connectivity index (χ3n) is 3.84. The van der Waals surface area contributed by atoms with Crippen LogP contribution in [0.3, 0.4) is 0 Å². The Morgan fingerprint density at radius 3 is 2.88 bits per heavy atom. The van der Waals surface area contributed by atoms with E-state index in [4.69, 9.17) is 0 Å². The molecule has 88 valence electrons. The lowest BCUT2D eigenvalue weighted by molar-refractivity contribution is 0.0720. The third-order valence-corrected chi connectivity index (χ3v) is 4.80. The van der Waals surface area contributed by atoms with Crippen LogP contribution < -0.4 is 5.32 Å². The molecule has 2 bridgehead atoms. The predicted octanol–water partition coefficient (Wildman–Crippen LogP) is 1.64. The van der Waals surface area contributed by atoms with E-state index in [0.717, 1.165) is 18.2 Å². The molecule has 4 heterocycles. The molecule has 0 amide bonds. The van der Waals surface area contributed by atoms with Crippen molar-refractivity contribution in [2.24, 2.45) is 5.92 Å². The minimum atomic E-state index is 0.701. The first-order valence-electron chi connectivity index (χ1n) is 6.18. The molecule has 3 aliphatic rings. The van der Waals surface area contributed by atoms with Crippen LogP contribution in [0.4, 0.5) is 0 Å². The van der Waals surface area contributed by atoms with Crippen molar-refractivity contribution in [3.63, 3.8) is 0 Å². The average Bonchev–Trinajstić information content (AvgIpc) is 2.74. The van der Waals surface area contributed by atoms with Crippen LogP contribution in [0.2, 0.25) is 0 Å². The fourth-order valence-corrected chi connectivity index (χ4v) is 3.62. The van der Waals surface area contributed by atoms with Crippen molar-refractivity contribution in [2.45, 2.75) is 32.4 Å². The molecular weight excluding hydrogens is 218 g/mol. The van der Waals surface area contributed by atoms with E-state index in [1.54, 1.807) is 11.3 Å². The van der Waals surface area contributed by atoms with Gasteiger partial charge >= 0.3 is 0 Å². The maximum Gasteiger partial charge on any atom is 0.107 e. The first-order chi connectivity index (χ1) is 7.81. The zero-order valence-electron chi connectivity index (χ0n) is 9.78. The van der Waals surface area contributed by atoms with Crippen molar-refractivity contribution >= 4 is 11.3 Å². The quantitative estimate of drug-likeness (QED) is 0.866. The molecule has 1 N–H and O–H groups in total. The number of nitrogens with zero attached hydrogens (tertiary/aromatic N) is 2. The first-order valence-corrected chi connectivity index (χ1v) is 7.06. The van der Waals surface area contributed by atoms with Gasteiger partial charge in [-0.15, -0.1) is 11.3 Å². The van der Waals surface area contributed by atoms with Crippen LogP contribution in [0, 0.1) is 12.8 Å². The van der Waals surface area contributed by atoms with Gasteiger partial charge in [-0.05, 0) is 38.8 Å². The highest BCUT2D eigenvalue weighted by atomic mass is 32.1. The minimum absolute atomic E-state index is 0.701. The molecule has 0 aromatic carbocycles. The molecule has 0 spiro atoms. The van der Waals surface area contributed by atoms with Crippen molar-refractivity contribution in [1.29, 1.82) is 0 Å². The lowest BCUT2D eigenvalue weighted by atomic mass is 9.84. The molecule has 1 aromatic heterocycles. The van der Waals surface area contributed by atoms with Gasteiger partial charge in [-0.3, -0.25) is 0 Å². The van der Waals surface area contributed by atoms with Crippen molar-refractivity contribution in [1.82, 2.24) is 15.2 Å². The molecule has 1 atom stereocenters. The number of rotatable bonds is 3. The number of piperidine rings is 3. The molecule has 3 saturated heterocycles. The van der Waals surface area contributed by atoms with E-state index in [2.05, 4.69) is 27.5 Å². The number of fused-ring (bicyclic) bond motifs is 3. The van der Waals surface area contributed by atoms with Gasteiger partial charge in [0, 0.05) is 30.2 Å². The van der Waals surface area contributed by atoms with Crippen molar-refractivity contribution in [3.05, 3.63) is 16.1 Å². The molecule has 3 fully saturated rings. The van der Waals surface area contributed by atoms with Crippen molar-refractivity contribution in [2.75, 3.05) is 19.6 Å². The zero-order valence-corrected chi connectivity index (χ0v) is 10.6. The monoisotopic (exact) mass is 237 g/mol. The van der Waals surface area contributed by atoms with Crippen LogP contribution in [-0.2, 0) is 6.54 Å². The standard InChI is InChI=1S/C12H19N3S/c1-9-8-16-12(14-9)6-13-11-7-15-4-2-10(11)3-5-15/h8,10-11,13H,2-7H2,1H3. The summed E-state index contributed by atoms with van der Waals surface area (Å²) in [4.78, 5) is 7.09. The molecule has 1 aromatic rings. The molecular formula is C12H19N3S. The van der Waals surface area contributed by atoms with E-state index in [1.807, 2.05) is 0 Å². The van der Waals surface area contributed by atoms with E-state index in [-0.39, 0.29) is 0 Å². The summed E-state index contributed by atoms with van der Waals surface area (Å²) in [5, 5.41) is 7.05. The van der Waals surface area contributed by atoms with Crippen LogP contribution in [0.5, 0.6) is 0 Å². The second-order valence-electron chi connectivity index (χ2n) is 5.01.